The quantitative estimate of drug-likeness (QED) is 0.790. The number of hydrogen-bond acceptors (Lipinski definition) is 3. The molecule has 1 aromatic heterocycles. The van der Waals surface area contributed by atoms with Crippen LogP contribution in [-0.4, -0.2) is 17.7 Å². The Bertz CT molecular complexity index is 574. The van der Waals surface area contributed by atoms with E-state index in [4.69, 9.17) is 4.42 Å². The molecule has 0 spiro atoms. The maximum absolute atomic E-state index is 10.6. The van der Waals surface area contributed by atoms with E-state index in [-0.39, 0.29) is 0 Å². The summed E-state index contributed by atoms with van der Waals surface area (Å²) in [6, 6.07) is 12.2. The third kappa shape index (κ3) is 2.76. The van der Waals surface area contributed by atoms with Crippen molar-refractivity contribution in [3.63, 3.8) is 0 Å². The number of rotatable bonds is 3. The van der Waals surface area contributed by atoms with Gasteiger partial charge in [0, 0.05) is 6.54 Å². The smallest absolute Gasteiger partial charge is 0.185 e. The van der Waals surface area contributed by atoms with Crippen LogP contribution in [0.4, 0.5) is 0 Å². The predicted octanol–water partition coefficient (Wildman–Crippen LogP) is 3.04. The Kier molecular flexibility index (Phi) is 3.47. The molecule has 0 aliphatic carbocycles. The number of furan rings is 1. The summed E-state index contributed by atoms with van der Waals surface area (Å²) in [5, 5.41) is 0. The van der Waals surface area contributed by atoms with Crippen LogP contribution < -0.4 is 0 Å². The van der Waals surface area contributed by atoms with Crippen LogP contribution in [0.15, 0.2) is 40.8 Å². The Morgan fingerprint density at radius 3 is 2.79 bits per heavy atom. The molecule has 19 heavy (non-hydrogen) atoms. The third-order valence-electron chi connectivity index (χ3n) is 3.61. The van der Waals surface area contributed by atoms with Gasteiger partial charge in [0.25, 0.3) is 0 Å². The van der Waals surface area contributed by atoms with E-state index in [0.29, 0.717) is 5.76 Å². The summed E-state index contributed by atoms with van der Waals surface area (Å²) in [6.45, 7) is 2.78. The zero-order valence-corrected chi connectivity index (χ0v) is 10.8. The second-order valence-electron chi connectivity index (χ2n) is 5.00. The van der Waals surface area contributed by atoms with Gasteiger partial charge in [-0.3, -0.25) is 9.69 Å². The summed E-state index contributed by atoms with van der Waals surface area (Å²) < 4.78 is 5.45. The van der Waals surface area contributed by atoms with E-state index in [9.17, 15) is 4.79 Å². The predicted molar refractivity (Wildman–Crippen MR) is 73.0 cm³/mol. The lowest BCUT2D eigenvalue weighted by atomic mass is 10.0. The van der Waals surface area contributed by atoms with E-state index in [1.54, 1.807) is 6.07 Å². The van der Waals surface area contributed by atoms with Crippen LogP contribution in [-0.2, 0) is 19.5 Å². The number of nitrogens with zero attached hydrogens (tertiary/aromatic N) is 1. The molecule has 3 nitrogen and oxygen atoms in total. The number of carbonyl (C=O) groups is 1. The SMILES string of the molecule is O=Cc1ccc(CN2CCCc3ccccc3C2)o1. The van der Waals surface area contributed by atoms with Crippen molar-refractivity contribution < 1.29 is 9.21 Å². The van der Waals surface area contributed by atoms with E-state index < -0.39 is 0 Å². The van der Waals surface area contributed by atoms with Crippen LogP contribution in [0.1, 0.15) is 33.9 Å². The molecule has 3 rings (SSSR count). The van der Waals surface area contributed by atoms with Crippen LogP contribution in [0.25, 0.3) is 0 Å². The average molecular weight is 255 g/mol. The summed E-state index contributed by atoms with van der Waals surface area (Å²) in [7, 11) is 0. The fraction of sp³-hybridized carbons (Fsp3) is 0.312. The Balaban J connectivity index is 1.74. The van der Waals surface area contributed by atoms with Gasteiger partial charge >= 0.3 is 0 Å². The first-order valence-corrected chi connectivity index (χ1v) is 6.68. The average Bonchev–Trinajstić information content (AvgIpc) is 2.78. The number of aryl methyl sites for hydroxylation is 1. The lowest BCUT2D eigenvalue weighted by Gasteiger charge is -2.18. The van der Waals surface area contributed by atoms with E-state index in [2.05, 4.69) is 29.2 Å². The van der Waals surface area contributed by atoms with Crippen molar-refractivity contribution in [1.29, 1.82) is 0 Å². The maximum Gasteiger partial charge on any atom is 0.185 e. The highest BCUT2D eigenvalue weighted by Crippen LogP contribution is 2.20. The van der Waals surface area contributed by atoms with Gasteiger partial charge in [-0.1, -0.05) is 24.3 Å². The molecule has 2 heterocycles. The number of benzene rings is 1. The molecule has 1 aromatic carbocycles. The molecule has 0 bridgehead atoms. The summed E-state index contributed by atoms with van der Waals surface area (Å²) in [4.78, 5) is 13.0. The molecule has 2 aromatic rings. The number of carbonyl (C=O) groups excluding carboxylic acids is 1. The molecule has 1 aliphatic heterocycles. The summed E-state index contributed by atoms with van der Waals surface area (Å²) in [5.74, 6) is 1.27. The van der Waals surface area contributed by atoms with Gasteiger partial charge in [0.05, 0.1) is 6.54 Å². The highest BCUT2D eigenvalue weighted by molar-refractivity contribution is 5.70. The van der Waals surface area contributed by atoms with E-state index in [1.807, 2.05) is 6.07 Å². The molecule has 0 saturated heterocycles. The second-order valence-corrected chi connectivity index (χ2v) is 5.00. The number of hydrogen-bond donors (Lipinski definition) is 0. The molecule has 0 amide bonds. The van der Waals surface area contributed by atoms with Crippen LogP contribution in [0, 0.1) is 0 Å². The standard InChI is InChI=1S/C16H17NO2/c18-12-16-8-7-15(19-16)11-17-9-3-6-13-4-1-2-5-14(13)10-17/h1-2,4-5,7-8,12H,3,6,9-11H2. The molecule has 0 unspecified atom stereocenters. The third-order valence-corrected chi connectivity index (χ3v) is 3.61. The Morgan fingerprint density at radius 1 is 1.16 bits per heavy atom. The van der Waals surface area contributed by atoms with Gasteiger partial charge < -0.3 is 4.42 Å². The molecule has 0 atom stereocenters. The van der Waals surface area contributed by atoms with Gasteiger partial charge in [0.1, 0.15) is 5.76 Å². The normalized spacial score (nSPS) is 15.8. The molecule has 3 heteroatoms. The van der Waals surface area contributed by atoms with E-state index in [0.717, 1.165) is 44.5 Å². The van der Waals surface area contributed by atoms with Crippen LogP contribution in [0.3, 0.4) is 0 Å². The number of fused-ring (bicyclic) bond motifs is 1. The van der Waals surface area contributed by atoms with Crippen molar-refractivity contribution in [1.82, 2.24) is 4.90 Å². The van der Waals surface area contributed by atoms with E-state index in [1.165, 1.54) is 11.1 Å². The largest absolute Gasteiger partial charge is 0.457 e. The van der Waals surface area contributed by atoms with Gasteiger partial charge in [0.15, 0.2) is 12.0 Å². The van der Waals surface area contributed by atoms with Gasteiger partial charge in [0.2, 0.25) is 0 Å². The lowest BCUT2D eigenvalue weighted by molar-refractivity contribution is 0.109. The zero-order valence-electron chi connectivity index (χ0n) is 10.8. The summed E-state index contributed by atoms with van der Waals surface area (Å²) in [5.41, 5.74) is 2.86. The van der Waals surface area contributed by atoms with Crippen molar-refractivity contribution in [2.24, 2.45) is 0 Å². The van der Waals surface area contributed by atoms with Crippen molar-refractivity contribution in [3.05, 3.63) is 59.0 Å². The number of aldehydes is 1. The van der Waals surface area contributed by atoms with Gasteiger partial charge in [-0.2, -0.15) is 0 Å². The first-order chi connectivity index (χ1) is 9.35. The first kappa shape index (κ1) is 12.2. The maximum atomic E-state index is 10.6. The van der Waals surface area contributed by atoms with Crippen molar-refractivity contribution in [2.75, 3.05) is 6.54 Å². The van der Waals surface area contributed by atoms with Gasteiger partial charge in [-0.25, -0.2) is 0 Å². The zero-order chi connectivity index (χ0) is 13.1. The molecule has 1 aliphatic rings. The highest BCUT2D eigenvalue weighted by Gasteiger charge is 2.15. The Morgan fingerprint density at radius 2 is 2.00 bits per heavy atom. The monoisotopic (exact) mass is 255 g/mol. The molecule has 0 N–H and O–H groups in total. The Labute approximate surface area is 112 Å². The van der Waals surface area contributed by atoms with Crippen molar-refractivity contribution >= 4 is 6.29 Å². The van der Waals surface area contributed by atoms with Crippen LogP contribution in [0.5, 0.6) is 0 Å². The fourth-order valence-corrected chi connectivity index (χ4v) is 2.67. The molecule has 98 valence electrons. The lowest BCUT2D eigenvalue weighted by Crippen LogP contribution is -2.22. The Hall–Kier alpha value is -1.87. The van der Waals surface area contributed by atoms with Crippen LogP contribution >= 0.6 is 0 Å². The molecular weight excluding hydrogens is 238 g/mol. The summed E-state index contributed by atoms with van der Waals surface area (Å²) in [6.07, 6.45) is 3.06. The minimum atomic E-state index is 0.408. The second kappa shape index (κ2) is 5.41. The molecule has 0 radical (unpaired) electrons. The van der Waals surface area contributed by atoms with E-state index >= 15 is 0 Å². The van der Waals surface area contributed by atoms with Gasteiger partial charge in [-0.05, 0) is 42.6 Å². The van der Waals surface area contributed by atoms with Crippen molar-refractivity contribution in [2.45, 2.75) is 25.9 Å². The topological polar surface area (TPSA) is 33.5 Å². The summed E-state index contributed by atoms with van der Waals surface area (Å²) >= 11 is 0. The highest BCUT2D eigenvalue weighted by atomic mass is 16.3. The minimum Gasteiger partial charge on any atom is -0.457 e. The minimum absolute atomic E-state index is 0.408. The van der Waals surface area contributed by atoms with Crippen molar-refractivity contribution in [3.8, 4) is 0 Å². The fourth-order valence-electron chi connectivity index (χ4n) is 2.67. The molecular formula is C16H17NO2. The van der Waals surface area contributed by atoms with Gasteiger partial charge in [-0.15, -0.1) is 0 Å². The van der Waals surface area contributed by atoms with Crippen LogP contribution in [0.2, 0.25) is 0 Å². The molecule has 0 fully saturated rings. The molecule has 0 saturated carbocycles. The first-order valence-electron chi connectivity index (χ1n) is 6.68.